The molecule has 4 aliphatic carbocycles. The summed E-state index contributed by atoms with van der Waals surface area (Å²) in [5.74, 6) is 2.53. The second-order valence-electron chi connectivity index (χ2n) is 15.3. The van der Waals surface area contributed by atoms with E-state index >= 15 is 0 Å². The molecule has 2 unspecified atom stereocenters. The second-order valence-corrected chi connectivity index (χ2v) is 15.3. The summed E-state index contributed by atoms with van der Waals surface area (Å²) >= 11 is 0. The SMILES string of the molecule is CC(=O)OC1(c2cccc(C(=O)O)c2O)CCCC2CC[C@H]3[C@@H]4CC[C@H]([C@H](C)CCCC(C)C)[C@@]4(C)CC[C@@H]3[C@]21C. The minimum atomic E-state index is -1.16. The average Bonchev–Trinajstić information content (AvgIpc) is 3.26. The highest BCUT2D eigenvalue weighted by Gasteiger charge is 2.68. The van der Waals surface area contributed by atoms with Gasteiger partial charge in [0.2, 0.25) is 0 Å². The number of carbonyl (C=O) groups is 2. The van der Waals surface area contributed by atoms with E-state index in [1.54, 1.807) is 6.07 Å². The van der Waals surface area contributed by atoms with Gasteiger partial charge in [-0.3, -0.25) is 4.79 Å². The Hall–Kier alpha value is -2.04. The monoisotopic (exact) mass is 566 g/mol. The summed E-state index contributed by atoms with van der Waals surface area (Å²) < 4.78 is 6.47. The molecular formula is C36H54O5. The van der Waals surface area contributed by atoms with Gasteiger partial charge in [-0.2, -0.15) is 0 Å². The molecule has 5 nitrogen and oxygen atoms in total. The zero-order valence-corrected chi connectivity index (χ0v) is 26.4. The number of hydrogen-bond donors (Lipinski definition) is 2. The van der Waals surface area contributed by atoms with Crippen molar-refractivity contribution in [3.05, 3.63) is 29.3 Å². The van der Waals surface area contributed by atoms with E-state index in [-0.39, 0.29) is 22.7 Å². The van der Waals surface area contributed by atoms with E-state index in [1.165, 1.54) is 57.9 Å². The van der Waals surface area contributed by atoms with Gasteiger partial charge in [-0.1, -0.05) is 66.0 Å². The number of carboxylic acid groups (broad SMARTS) is 1. The number of benzene rings is 1. The first kappa shape index (κ1) is 30.4. The van der Waals surface area contributed by atoms with E-state index in [0.717, 1.165) is 43.4 Å². The maximum Gasteiger partial charge on any atom is 0.339 e. The molecule has 0 bridgehead atoms. The van der Waals surface area contributed by atoms with Crippen LogP contribution < -0.4 is 0 Å². The standard InChI is InChI=1S/C36H54O5/c1-22(2)10-7-11-23(3)28-17-18-29-26-16-15-25-12-9-20-36(41-24(4)37,31-14-8-13-27(32(31)38)33(39)40)35(25,6)30(26)19-21-34(28,29)5/h8,13-14,22-23,25-26,28-30,38H,7,9-12,15-21H2,1-6H3,(H,39,40)/t23-,25?,26+,28-,29+,30+,34-,35+,36?/m1/s1. The number of esters is 1. The van der Waals surface area contributed by atoms with Crippen LogP contribution in [0.5, 0.6) is 5.75 Å². The first-order chi connectivity index (χ1) is 19.4. The molecule has 0 radical (unpaired) electrons. The van der Waals surface area contributed by atoms with Gasteiger partial charge in [0.1, 0.15) is 16.9 Å². The molecule has 0 spiro atoms. The predicted molar refractivity (Wildman–Crippen MR) is 162 cm³/mol. The van der Waals surface area contributed by atoms with Gasteiger partial charge in [-0.25, -0.2) is 4.79 Å². The normalized spacial score (nSPS) is 39.0. The number of rotatable bonds is 8. The van der Waals surface area contributed by atoms with Crippen LogP contribution >= 0.6 is 0 Å². The van der Waals surface area contributed by atoms with Crippen LogP contribution in [0.15, 0.2) is 18.2 Å². The zero-order valence-electron chi connectivity index (χ0n) is 26.4. The molecule has 0 aliphatic heterocycles. The summed E-state index contributed by atoms with van der Waals surface area (Å²) in [5.41, 5.74) is -0.663. The molecule has 228 valence electrons. The molecular weight excluding hydrogens is 512 g/mol. The maximum atomic E-state index is 12.9. The number of hydrogen-bond acceptors (Lipinski definition) is 4. The first-order valence-corrected chi connectivity index (χ1v) is 16.6. The Labute approximate surface area is 247 Å². The molecule has 0 saturated heterocycles. The van der Waals surface area contributed by atoms with Gasteiger partial charge in [0.25, 0.3) is 0 Å². The summed E-state index contributed by atoms with van der Waals surface area (Å²) in [6.07, 6.45) is 13.9. The van der Waals surface area contributed by atoms with Crippen molar-refractivity contribution in [2.75, 3.05) is 0 Å². The van der Waals surface area contributed by atoms with Gasteiger partial charge in [-0.05, 0) is 111 Å². The van der Waals surface area contributed by atoms with Gasteiger partial charge < -0.3 is 14.9 Å². The molecule has 9 atom stereocenters. The fourth-order valence-corrected chi connectivity index (χ4v) is 11.3. The quantitative estimate of drug-likeness (QED) is 0.307. The first-order valence-electron chi connectivity index (χ1n) is 16.6. The lowest BCUT2D eigenvalue weighted by Gasteiger charge is -2.66. The Kier molecular flexibility index (Phi) is 8.33. The predicted octanol–water partition coefficient (Wildman–Crippen LogP) is 8.97. The number of carbonyl (C=O) groups excluding carboxylic acids is 1. The number of para-hydroxylation sites is 1. The second kappa shape index (κ2) is 11.2. The number of ether oxygens (including phenoxy) is 1. The van der Waals surface area contributed by atoms with E-state index < -0.39 is 11.6 Å². The third kappa shape index (κ3) is 4.82. The molecule has 5 heteroatoms. The Bertz CT molecular complexity index is 1140. The minimum Gasteiger partial charge on any atom is -0.507 e. The molecule has 41 heavy (non-hydrogen) atoms. The molecule has 0 amide bonds. The highest BCUT2D eigenvalue weighted by molar-refractivity contribution is 5.91. The number of aromatic carboxylic acids is 1. The lowest BCUT2D eigenvalue weighted by Crippen LogP contribution is -2.63. The molecule has 4 fully saturated rings. The van der Waals surface area contributed by atoms with Crippen molar-refractivity contribution in [2.45, 2.75) is 124 Å². The van der Waals surface area contributed by atoms with Crippen molar-refractivity contribution in [2.24, 2.45) is 52.3 Å². The minimum absolute atomic E-state index is 0.117. The smallest absolute Gasteiger partial charge is 0.339 e. The van der Waals surface area contributed by atoms with E-state index in [4.69, 9.17) is 4.74 Å². The highest BCUT2D eigenvalue weighted by Crippen LogP contribution is 2.72. The lowest BCUT2D eigenvalue weighted by atomic mass is 9.40. The molecule has 1 aromatic carbocycles. The summed E-state index contributed by atoms with van der Waals surface area (Å²) in [5, 5.41) is 21.3. The number of fused-ring (bicyclic) bond motifs is 5. The van der Waals surface area contributed by atoms with Crippen LogP contribution in [0.4, 0.5) is 0 Å². The Morgan fingerprint density at radius 1 is 0.976 bits per heavy atom. The summed E-state index contributed by atoms with van der Waals surface area (Å²) in [7, 11) is 0. The number of aromatic hydroxyl groups is 1. The van der Waals surface area contributed by atoms with Crippen LogP contribution in [0.1, 0.15) is 135 Å². The molecule has 2 N–H and O–H groups in total. The zero-order chi connectivity index (χ0) is 29.7. The van der Waals surface area contributed by atoms with E-state index in [9.17, 15) is 19.8 Å². The molecule has 4 saturated carbocycles. The van der Waals surface area contributed by atoms with Crippen molar-refractivity contribution in [3.63, 3.8) is 0 Å². The van der Waals surface area contributed by atoms with Crippen LogP contribution in [0.3, 0.4) is 0 Å². The Morgan fingerprint density at radius 2 is 1.73 bits per heavy atom. The van der Waals surface area contributed by atoms with Gasteiger partial charge in [0.15, 0.2) is 0 Å². The van der Waals surface area contributed by atoms with Crippen LogP contribution in [-0.2, 0) is 15.1 Å². The van der Waals surface area contributed by atoms with E-state index in [1.807, 2.05) is 6.07 Å². The van der Waals surface area contributed by atoms with Crippen LogP contribution in [0.2, 0.25) is 0 Å². The molecule has 0 heterocycles. The molecule has 1 aromatic rings. The van der Waals surface area contributed by atoms with Crippen LogP contribution in [-0.4, -0.2) is 22.2 Å². The van der Waals surface area contributed by atoms with Crippen LogP contribution in [0.25, 0.3) is 0 Å². The third-order valence-corrected chi connectivity index (χ3v) is 13.1. The highest BCUT2D eigenvalue weighted by atomic mass is 16.6. The van der Waals surface area contributed by atoms with Crippen molar-refractivity contribution in [1.82, 2.24) is 0 Å². The van der Waals surface area contributed by atoms with Gasteiger partial charge in [0.05, 0.1) is 0 Å². The van der Waals surface area contributed by atoms with Gasteiger partial charge in [-0.15, -0.1) is 0 Å². The van der Waals surface area contributed by atoms with Gasteiger partial charge >= 0.3 is 11.9 Å². The fraction of sp³-hybridized carbons (Fsp3) is 0.778. The number of phenols is 1. The molecule has 5 rings (SSSR count). The maximum absolute atomic E-state index is 12.9. The summed E-state index contributed by atoms with van der Waals surface area (Å²) in [6, 6.07) is 4.97. The molecule has 4 aliphatic rings. The Morgan fingerprint density at radius 3 is 2.41 bits per heavy atom. The van der Waals surface area contributed by atoms with Crippen molar-refractivity contribution in [3.8, 4) is 5.75 Å². The van der Waals surface area contributed by atoms with Crippen molar-refractivity contribution >= 4 is 11.9 Å². The van der Waals surface area contributed by atoms with Crippen molar-refractivity contribution in [1.29, 1.82) is 0 Å². The third-order valence-electron chi connectivity index (χ3n) is 13.1. The molecule has 0 aromatic heterocycles. The summed E-state index contributed by atoms with van der Waals surface area (Å²) in [4.78, 5) is 24.9. The topological polar surface area (TPSA) is 83.8 Å². The van der Waals surface area contributed by atoms with E-state index in [2.05, 4.69) is 34.6 Å². The fourth-order valence-electron chi connectivity index (χ4n) is 11.3. The summed E-state index contributed by atoms with van der Waals surface area (Å²) in [6.45, 7) is 13.6. The van der Waals surface area contributed by atoms with Gasteiger partial charge in [0, 0.05) is 17.9 Å². The Balaban J connectivity index is 1.53. The van der Waals surface area contributed by atoms with Crippen molar-refractivity contribution < 1.29 is 24.5 Å². The largest absolute Gasteiger partial charge is 0.507 e. The van der Waals surface area contributed by atoms with E-state index in [0.29, 0.717) is 41.1 Å². The average molecular weight is 567 g/mol. The lowest BCUT2D eigenvalue weighted by molar-refractivity contribution is -0.239. The van der Waals surface area contributed by atoms with Crippen LogP contribution in [0, 0.1) is 52.3 Å². The number of carboxylic acids is 1.